The van der Waals surface area contributed by atoms with Gasteiger partial charge in [0.15, 0.2) is 11.5 Å². The van der Waals surface area contributed by atoms with Gasteiger partial charge in [-0.1, -0.05) is 18.2 Å². The van der Waals surface area contributed by atoms with E-state index in [9.17, 15) is 9.59 Å². The molecule has 0 saturated carbocycles. The van der Waals surface area contributed by atoms with Crippen molar-refractivity contribution in [1.82, 2.24) is 15.1 Å². The van der Waals surface area contributed by atoms with Crippen molar-refractivity contribution in [2.45, 2.75) is 6.92 Å². The number of nitrogens with two attached hydrogens (primary N) is 1. The van der Waals surface area contributed by atoms with E-state index in [4.69, 9.17) is 10.6 Å². The highest BCUT2D eigenvalue weighted by Gasteiger charge is 2.25. The Hall–Kier alpha value is -3.07. The van der Waals surface area contributed by atoms with Crippen LogP contribution in [0.4, 0.5) is 4.79 Å². The van der Waals surface area contributed by atoms with E-state index in [1.54, 1.807) is 23.9 Å². The topological polar surface area (TPSA) is 112 Å². The molecule has 0 bridgehead atoms. The third kappa shape index (κ3) is 3.56. The first-order chi connectivity index (χ1) is 12.1. The van der Waals surface area contributed by atoms with Crippen molar-refractivity contribution in [3.8, 4) is 5.69 Å². The number of para-hydroxylation sites is 1. The minimum Gasteiger partial charge on any atom is -0.461 e. The lowest BCUT2D eigenvalue weighted by atomic mass is 10.2. The molecule has 9 heteroatoms. The number of amidine groups is 1. The molecule has 1 aliphatic rings. The van der Waals surface area contributed by atoms with E-state index in [2.05, 4.69) is 15.5 Å². The molecule has 1 aromatic heterocycles. The van der Waals surface area contributed by atoms with Gasteiger partial charge >= 0.3 is 5.97 Å². The summed E-state index contributed by atoms with van der Waals surface area (Å²) in [5, 5.41) is 10.1. The van der Waals surface area contributed by atoms with Crippen LogP contribution in [0, 0.1) is 0 Å². The number of thioether (sulfide) groups is 1. The van der Waals surface area contributed by atoms with Crippen LogP contribution in [-0.4, -0.2) is 33.4 Å². The number of ether oxygens (including phenoxy) is 1. The smallest absolute Gasteiger partial charge is 0.359 e. The molecule has 3 N–H and O–H groups in total. The zero-order chi connectivity index (χ0) is 17.8. The van der Waals surface area contributed by atoms with Crippen molar-refractivity contribution < 1.29 is 14.3 Å². The first-order valence-electron chi connectivity index (χ1n) is 7.43. The van der Waals surface area contributed by atoms with Gasteiger partial charge in [-0.15, -0.1) is 0 Å². The lowest BCUT2D eigenvalue weighted by molar-refractivity contribution is 0.0518. The highest BCUT2D eigenvalue weighted by molar-refractivity contribution is 8.18. The molecule has 0 spiro atoms. The second kappa shape index (κ2) is 7.22. The summed E-state index contributed by atoms with van der Waals surface area (Å²) in [5.41, 5.74) is 1.44. The van der Waals surface area contributed by atoms with Crippen LogP contribution in [0.5, 0.6) is 0 Å². The third-order valence-corrected chi connectivity index (χ3v) is 4.12. The fourth-order valence-electron chi connectivity index (χ4n) is 2.23. The average Bonchev–Trinajstić information content (AvgIpc) is 3.19. The summed E-state index contributed by atoms with van der Waals surface area (Å²) in [5.74, 6) is 4.99. The molecule has 8 nitrogen and oxygen atoms in total. The van der Waals surface area contributed by atoms with Gasteiger partial charge in [0.25, 0.3) is 5.24 Å². The number of carbonyl (C=O) groups excluding carboxylic acids is 2. The molecular formula is C16H15N5O3S. The SMILES string of the molecule is CCOC(=O)c1nn(-c2ccccc2)cc1/C=C1\SC(=O)N\C1=N/N. The van der Waals surface area contributed by atoms with Crippen LogP contribution in [0.2, 0.25) is 0 Å². The molecule has 128 valence electrons. The summed E-state index contributed by atoms with van der Waals surface area (Å²) in [6.07, 6.45) is 3.32. The van der Waals surface area contributed by atoms with Crippen LogP contribution < -0.4 is 11.2 Å². The molecule has 0 unspecified atom stereocenters. The molecule has 1 fully saturated rings. The molecule has 0 atom stereocenters. The summed E-state index contributed by atoms with van der Waals surface area (Å²) < 4.78 is 6.64. The van der Waals surface area contributed by atoms with Crippen LogP contribution in [0.15, 0.2) is 46.5 Å². The van der Waals surface area contributed by atoms with Crippen LogP contribution in [0.25, 0.3) is 11.8 Å². The highest BCUT2D eigenvalue weighted by Crippen LogP contribution is 2.27. The molecule has 1 aromatic carbocycles. The van der Waals surface area contributed by atoms with Crippen LogP contribution in [-0.2, 0) is 4.74 Å². The van der Waals surface area contributed by atoms with Crippen LogP contribution >= 0.6 is 11.8 Å². The summed E-state index contributed by atoms with van der Waals surface area (Å²) in [6.45, 7) is 1.95. The van der Waals surface area contributed by atoms with Gasteiger partial charge in [0.05, 0.1) is 17.2 Å². The van der Waals surface area contributed by atoms with Crippen LogP contribution in [0.1, 0.15) is 23.0 Å². The number of benzene rings is 1. The number of hydrazone groups is 1. The Labute approximate surface area is 147 Å². The van der Waals surface area contributed by atoms with Gasteiger partial charge < -0.3 is 10.6 Å². The number of nitrogens with one attached hydrogen (secondary N) is 1. The molecule has 25 heavy (non-hydrogen) atoms. The van der Waals surface area contributed by atoms with E-state index in [1.807, 2.05) is 30.3 Å². The molecule has 2 aromatic rings. The maximum absolute atomic E-state index is 12.2. The Balaban J connectivity index is 2.06. The van der Waals surface area contributed by atoms with Crippen molar-refractivity contribution in [2.24, 2.45) is 10.9 Å². The number of carbonyl (C=O) groups is 2. The molecule has 0 radical (unpaired) electrons. The summed E-state index contributed by atoms with van der Waals surface area (Å²) in [7, 11) is 0. The van der Waals surface area contributed by atoms with Gasteiger partial charge in [-0.05, 0) is 36.9 Å². The van der Waals surface area contributed by atoms with Gasteiger partial charge in [-0.2, -0.15) is 10.2 Å². The van der Waals surface area contributed by atoms with Crippen molar-refractivity contribution in [3.63, 3.8) is 0 Å². The molecular weight excluding hydrogens is 342 g/mol. The molecule has 1 amide bonds. The second-order valence-corrected chi connectivity index (χ2v) is 5.95. The molecule has 2 heterocycles. The Morgan fingerprint density at radius 2 is 2.20 bits per heavy atom. The average molecular weight is 357 g/mol. The fourth-order valence-corrected chi connectivity index (χ4v) is 2.96. The predicted molar refractivity (Wildman–Crippen MR) is 95.2 cm³/mol. The number of aromatic nitrogens is 2. The summed E-state index contributed by atoms with van der Waals surface area (Å²) in [4.78, 5) is 24.3. The van der Waals surface area contributed by atoms with Gasteiger partial charge in [-0.25, -0.2) is 9.48 Å². The van der Waals surface area contributed by atoms with Crippen molar-refractivity contribution in [2.75, 3.05) is 6.61 Å². The second-order valence-electron chi connectivity index (χ2n) is 4.93. The Morgan fingerprint density at radius 1 is 1.44 bits per heavy atom. The van der Waals surface area contributed by atoms with Gasteiger partial charge in [0, 0.05) is 11.8 Å². The molecule has 1 saturated heterocycles. The minimum absolute atomic E-state index is 0.148. The first-order valence-corrected chi connectivity index (χ1v) is 8.25. The van der Waals surface area contributed by atoms with E-state index >= 15 is 0 Å². The van der Waals surface area contributed by atoms with Gasteiger partial charge in [0.2, 0.25) is 0 Å². The Bertz CT molecular complexity index is 873. The summed E-state index contributed by atoms with van der Waals surface area (Å²) >= 11 is 0.943. The highest BCUT2D eigenvalue weighted by atomic mass is 32.2. The number of nitrogens with zero attached hydrogens (tertiary/aromatic N) is 3. The lowest BCUT2D eigenvalue weighted by Crippen LogP contribution is -2.20. The monoisotopic (exact) mass is 357 g/mol. The van der Waals surface area contributed by atoms with Crippen molar-refractivity contribution >= 4 is 34.9 Å². The quantitative estimate of drug-likeness (QED) is 0.492. The number of rotatable bonds is 4. The number of hydrogen-bond acceptors (Lipinski definition) is 7. The third-order valence-electron chi connectivity index (χ3n) is 3.30. The van der Waals surface area contributed by atoms with E-state index in [-0.39, 0.29) is 23.4 Å². The normalized spacial score (nSPS) is 17.1. The van der Waals surface area contributed by atoms with Crippen molar-refractivity contribution in [1.29, 1.82) is 0 Å². The number of amides is 1. The Morgan fingerprint density at radius 3 is 2.88 bits per heavy atom. The summed E-state index contributed by atoms with van der Waals surface area (Å²) in [6, 6.07) is 9.35. The molecule has 3 rings (SSSR count). The number of hydrogen-bond donors (Lipinski definition) is 2. The fraction of sp³-hybridized carbons (Fsp3) is 0.125. The van der Waals surface area contributed by atoms with Crippen molar-refractivity contribution in [3.05, 3.63) is 52.7 Å². The standard InChI is InChI=1S/C16H15N5O3S/c1-2-24-15(22)13-10(8-12-14(19-17)18-16(23)25-12)9-21(20-13)11-6-4-3-5-7-11/h3-9H,2,17H2,1H3,(H,18,19,23)/b12-8-. The largest absolute Gasteiger partial charge is 0.461 e. The van der Waals surface area contributed by atoms with Crippen LogP contribution in [0.3, 0.4) is 0 Å². The molecule has 1 aliphatic heterocycles. The molecule has 0 aliphatic carbocycles. The van der Waals surface area contributed by atoms with E-state index in [0.29, 0.717) is 10.5 Å². The van der Waals surface area contributed by atoms with Gasteiger partial charge in [0.1, 0.15) is 0 Å². The van der Waals surface area contributed by atoms with E-state index < -0.39 is 5.97 Å². The lowest BCUT2D eigenvalue weighted by Gasteiger charge is -2.00. The predicted octanol–water partition coefficient (Wildman–Crippen LogP) is 2.12. The first kappa shape index (κ1) is 16.8. The zero-order valence-electron chi connectivity index (χ0n) is 13.3. The number of esters is 1. The minimum atomic E-state index is -0.544. The van der Waals surface area contributed by atoms with E-state index in [1.165, 1.54) is 0 Å². The van der Waals surface area contributed by atoms with Gasteiger partial charge in [-0.3, -0.25) is 10.1 Å². The Kier molecular flexibility index (Phi) is 4.85. The van der Waals surface area contributed by atoms with E-state index in [0.717, 1.165) is 17.4 Å². The maximum Gasteiger partial charge on any atom is 0.359 e. The zero-order valence-corrected chi connectivity index (χ0v) is 14.1. The maximum atomic E-state index is 12.2.